The molecule has 1 saturated heterocycles. The Labute approximate surface area is 104 Å². The molecule has 1 heterocycles. The summed E-state index contributed by atoms with van der Waals surface area (Å²) in [6.45, 7) is 11.0. The average Bonchev–Trinajstić information content (AvgIpc) is 2.61. The van der Waals surface area contributed by atoms with Crippen molar-refractivity contribution in [1.29, 1.82) is 0 Å². The molecular weight excluding hydrogens is 216 g/mol. The van der Waals surface area contributed by atoms with Gasteiger partial charge in [0.15, 0.2) is 0 Å². The number of likely N-dealkylation sites (tertiary alicyclic amines) is 1. The molecule has 0 bridgehead atoms. The number of rotatable bonds is 5. The summed E-state index contributed by atoms with van der Waals surface area (Å²) in [4.78, 5) is 27.6. The number of nitrogens with zero attached hydrogens (tertiary/aromatic N) is 2. The van der Waals surface area contributed by atoms with Crippen LogP contribution in [0.15, 0.2) is 0 Å². The van der Waals surface area contributed by atoms with Crippen LogP contribution in [0.25, 0.3) is 0 Å². The van der Waals surface area contributed by atoms with Crippen molar-refractivity contribution in [2.75, 3.05) is 26.2 Å². The van der Waals surface area contributed by atoms with Crippen LogP contribution in [0.3, 0.4) is 0 Å². The standard InChI is InChI=1S/C13H24N2O2/c1-5-14(6-2)13(17)11-7-12(16)15(9-11)8-10(3)4/h10-11H,5-9H2,1-4H3/t11-/m0/s1. The van der Waals surface area contributed by atoms with Crippen molar-refractivity contribution in [2.45, 2.75) is 34.1 Å². The van der Waals surface area contributed by atoms with E-state index in [0.29, 0.717) is 18.9 Å². The van der Waals surface area contributed by atoms with Gasteiger partial charge in [-0.2, -0.15) is 0 Å². The first-order valence-corrected chi connectivity index (χ1v) is 6.56. The van der Waals surface area contributed by atoms with E-state index in [0.717, 1.165) is 19.6 Å². The topological polar surface area (TPSA) is 40.6 Å². The summed E-state index contributed by atoms with van der Waals surface area (Å²) in [6.07, 6.45) is 0.391. The lowest BCUT2D eigenvalue weighted by atomic mass is 10.1. The second-order valence-electron chi connectivity index (χ2n) is 5.10. The van der Waals surface area contributed by atoms with Crippen molar-refractivity contribution in [3.05, 3.63) is 0 Å². The Morgan fingerprint density at radius 3 is 2.47 bits per heavy atom. The zero-order chi connectivity index (χ0) is 13.0. The highest BCUT2D eigenvalue weighted by Crippen LogP contribution is 2.21. The highest BCUT2D eigenvalue weighted by atomic mass is 16.2. The second-order valence-corrected chi connectivity index (χ2v) is 5.10. The molecule has 0 aromatic carbocycles. The summed E-state index contributed by atoms with van der Waals surface area (Å²) in [5.74, 6) is 0.598. The molecule has 1 aliphatic rings. The highest BCUT2D eigenvalue weighted by Gasteiger charge is 2.35. The molecule has 1 fully saturated rings. The van der Waals surface area contributed by atoms with Gasteiger partial charge < -0.3 is 9.80 Å². The fourth-order valence-electron chi connectivity index (χ4n) is 2.35. The van der Waals surface area contributed by atoms with Crippen molar-refractivity contribution in [3.8, 4) is 0 Å². The van der Waals surface area contributed by atoms with Gasteiger partial charge in [-0.15, -0.1) is 0 Å². The van der Waals surface area contributed by atoms with E-state index in [4.69, 9.17) is 0 Å². The van der Waals surface area contributed by atoms with Crippen molar-refractivity contribution in [2.24, 2.45) is 11.8 Å². The lowest BCUT2D eigenvalue weighted by Crippen LogP contribution is -2.37. The lowest BCUT2D eigenvalue weighted by molar-refractivity contribution is -0.135. The Hall–Kier alpha value is -1.06. The molecule has 0 radical (unpaired) electrons. The van der Waals surface area contributed by atoms with E-state index in [-0.39, 0.29) is 17.7 Å². The second kappa shape index (κ2) is 6.03. The third-order valence-corrected chi connectivity index (χ3v) is 3.22. The number of hydrogen-bond donors (Lipinski definition) is 0. The predicted octanol–water partition coefficient (Wildman–Crippen LogP) is 1.36. The molecule has 4 nitrogen and oxygen atoms in total. The normalized spacial score (nSPS) is 20.2. The van der Waals surface area contributed by atoms with Crippen LogP contribution in [0.2, 0.25) is 0 Å². The molecule has 1 aliphatic heterocycles. The van der Waals surface area contributed by atoms with Gasteiger partial charge in [0.1, 0.15) is 0 Å². The van der Waals surface area contributed by atoms with E-state index >= 15 is 0 Å². The third kappa shape index (κ3) is 3.45. The molecular formula is C13H24N2O2. The van der Waals surface area contributed by atoms with Crippen molar-refractivity contribution in [1.82, 2.24) is 9.80 Å². The van der Waals surface area contributed by atoms with E-state index in [2.05, 4.69) is 13.8 Å². The molecule has 0 saturated carbocycles. The van der Waals surface area contributed by atoms with E-state index in [9.17, 15) is 9.59 Å². The number of amides is 2. The first-order chi connectivity index (χ1) is 7.99. The minimum atomic E-state index is -0.124. The highest BCUT2D eigenvalue weighted by molar-refractivity contribution is 5.89. The maximum atomic E-state index is 12.1. The zero-order valence-electron chi connectivity index (χ0n) is 11.4. The molecule has 1 rings (SSSR count). The van der Waals surface area contributed by atoms with Crippen LogP contribution in [0, 0.1) is 11.8 Å². The first-order valence-electron chi connectivity index (χ1n) is 6.56. The van der Waals surface area contributed by atoms with E-state index in [1.165, 1.54) is 0 Å². The van der Waals surface area contributed by atoms with Gasteiger partial charge in [-0.25, -0.2) is 0 Å². The summed E-state index contributed by atoms with van der Waals surface area (Å²) >= 11 is 0. The first kappa shape index (κ1) is 14.0. The van der Waals surface area contributed by atoms with Gasteiger partial charge in [-0.1, -0.05) is 13.8 Å². The van der Waals surface area contributed by atoms with E-state index in [1.807, 2.05) is 23.6 Å². The molecule has 0 N–H and O–H groups in total. The Bertz CT molecular complexity index is 285. The fraction of sp³-hybridized carbons (Fsp3) is 0.846. The number of carbonyl (C=O) groups is 2. The van der Waals surface area contributed by atoms with Gasteiger partial charge in [-0.3, -0.25) is 9.59 Å². The number of hydrogen-bond acceptors (Lipinski definition) is 2. The van der Waals surface area contributed by atoms with Crippen molar-refractivity contribution < 1.29 is 9.59 Å². The van der Waals surface area contributed by atoms with Gasteiger partial charge >= 0.3 is 0 Å². The minimum absolute atomic E-state index is 0.124. The fourth-order valence-corrected chi connectivity index (χ4v) is 2.35. The molecule has 0 aromatic heterocycles. The Morgan fingerprint density at radius 1 is 1.41 bits per heavy atom. The Balaban J connectivity index is 2.59. The van der Waals surface area contributed by atoms with Crippen LogP contribution < -0.4 is 0 Å². The van der Waals surface area contributed by atoms with E-state index in [1.54, 1.807) is 0 Å². The zero-order valence-corrected chi connectivity index (χ0v) is 11.4. The molecule has 98 valence electrons. The molecule has 0 aromatic rings. The van der Waals surface area contributed by atoms with Crippen LogP contribution in [-0.4, -0.2) is 47.8 Å². The van der Waals surface area contributed by atoms with Crippen LogP contribution in [0.1, 0.15) is 34.1 Å². The summed E-state index contributed by atoms with van der Waals surface area (Å²) in [5.41, 5.74) is 0. The Morgan fingerprint density at radius 2 is 2.00 bits per heavy atom. The number of carbonyl (C=O) groups excluding carboxylic acids is 2. The quantitative estimate of drug-likeness (QED) is 0.728. The maximum Gasteiger partial charge on any atom is 0.227 e. The van der Waals surface area contributed by atoms with Crippen LogP contribution in [0.5, 0.6) is 0 Å². The molecule has 17 heavy (non-hydrogen) atoms. The maximum absolute atomic E-state index is 12.1. The summed E-state index contributed by atoms with van der Waals surface area (Å²) < 4.78 is 0. The van der Waals surface area contributed by atoms with Crippen molar-refractivity contribution in [3.63, 3.8) is 0 Å². The van der Waals surface area contributed by atoms with E-state index < -0.39 is 0 Å². The summed E-state index contributed by atoms with van der Waals surface area (Å²) in [7, 11) is 0. The monoisotopic (exact) mass is 240 g/mol. The smallest absolute Gasteiger partial charge is 0.227 e. The van der Waals surface area contributed by atoms with Gasteiger partial charge in [0, 0.05) is 32.6 Å². The van der Waals surface area contributed by atoms with Crippen LogP contribution in [0.4, 0.5) is 0 Å². The molecule has 4 heteroatoms. The van der Waals surface area contributed by atoms with Crippen LogP contribution in [-0.2, 0) is 9.59 Å². The molecule has 0 unspecified atom stereocenters. The predicted molar refractivity (Wildman–Crippen MR) is 67.5 cm³/mol. The molecule has 0 spiro atoms. The average molecular weight is 240 g/mol. The Kier molecular flexibility index (Phi) is 4.97. The largest absolute Gasteiger partial charge is 0.343 e. The SMILES string of the molecule is CCN(CC)C(=O)[C@H]1CC(=O)N(CC(C)C)C1. The van der Waals surface area contributed by atoms with Gasteiger partial charge in [0.05, 0.1) is 5.92 Å². The molecule has 0 aliphatic carbocycles. The lowest BCUT2D eigenvalue weighted by Gasteiger charge is -2.23. The molecule has 1 atom stereocenters. The van der Waals surface area contributed by atoms with Crippen LogP contribution >= 0.6 is 0 Å². The van der Waals surface area contributed by atoms with Gasteiger partial charge in [-0.05, 0) is 19.8 Å². The molecule has 2 amide bonds. The van der Waals surface area contributed by atoms with Crippen molar-refractivity contribution >= 4 is 11.8 Å². The summed E-state index contributed by atoms with van der Waals surface area (Å²) in [5, 5.41) is 0. The summed E-state index contributed by atoms with van der Waals surface area (Å²) in [6, 6.07) is 0. The third-order valence-electron chi connectivity index (χ3n) is 3.22. The van der Waals surface area contributed by atoms with Gasteiger partial charge in [0.2, 0.25) is 11.8 Å². The van der Waals surface area contributed by atoms with Gasteiger partial charge in [0.25, 0.3) is 0 Å². The minimum Gasteiger partial charge on any atom is -0.343 e.